The molecule has 8 nitrogen and oxygen atoms in total. The van der Waals surface area contributed by atoms with Crippen LogP contribution in [0.3, 0.4) is 0 Å². The van der Waals surface area contributed by atoms with E-state index in [1.807, 2.05) is 30.7 Å². The number of nitrogens with zero attached hydrogens (tertiary/aromatic N) is 4. The lowest BCUT2D eigenvalue weighted by molar-refractivity contribution is 0.491. The van der Waals surface area contributed by atoms with Crippen LogP contribution >= 0.6 is 0 Å². The van der Waals surface area contributed by atoms with Crippen LogP contribution in [-0.4, -0.2) is 32.8 Å². The summed E-state index contributed by atoms with van der Waals surface area (Å²) in [5, 5.41) is 11.3. The number of fused-ring (bicyclic) bond motifs is 1. The number of allylic oxidation sites excluding steroid dienone is 2. The number of aromatic nitrogens is 4. The minimum absolute atomic E-state index is 0.427. The summed E-state index contributed by atoms with van der Waals surface area (Å²) < 4.78 is 2.05. The lowest BCUT2D eigenvalue weighted by atomic mass is 10.0. The standard InChI is InChI=1S/C22H26N8/c1-14(2)15-8-22(29-25-10-15)28-21-4-3-19-20(27-21)7-16(9-24-19)17-11-26-30(13-17)18-5-6-23-12-18/h3-4,7-11,13-14,18,23,25,29H,5-6,12H2,1-2H3,(H,27,28)/t18-/m0/s1. The van der Waals surface area contributed by atoms with E-state index in [4.69, 9.17) is 4.98 Å². The van der Waals surface area contributed by atoms with Crippen LogP contribution < -0.4 is 21.5 Å². The van der Waals surface area contributed by atoms with Crippen LogP contribution in [0.1, 0.15) is 26.3 Å². The average Bonchev–Trinajstić information content (AvgIpc) is 3.45. The van der Waals surface area contributed by atoms with Gasteiger partial charge in [0.1, 0.15) is 11.6 Å². The number of nitrogens with one attached hydrogen (secondary N) is 4. The maximum atomic E-state index is 4.77. The molecule has 1 saturated heterocycles. The topological polar surface area (TPSA) is 91.7 Å². The first-order valence-corrected chi connectivity index (χ1v) is 10.4. The van der Waals surface area contributed by atoms with Crippen molar-refractivity contribution in [3.05, 3.63) is 60.5 Å². The Morgan fingerprint density at radius 3 is 2.93 bits per heavy atom. The summed E-state index contributed by atoms with van der Waals surface area (Å²) >= 11 is 0. The minimum atomic E-state index is 0.427. The van der Waals surface area contributed by atoms with E-state index in [-0.39, 0.29) is 0 Å². The van der Waals surface area contributed by atoms with Gasteiger partial charge in [0.15, 0.2) is 0 Å². The Labute approximate surface area is 175 Å². The second kappa shape index (κ2) is 7.79. The number of anilines is 1. The normalized spacial score (nSPS) is 18.7. The molecule has 30 heavy (non-hydrogen) atoms. The van der Waals surface area contributed by atoms with Crippen molar-refractivity contribution in [2.75, 3.05) is 18.4 Å². The molecule has 0 radical (unpaired) electrons. The van der Waals surface area contributed by atoms with E-state index in [0.29, 0.717) is 12.0 Å². The van der Waals surface area contributed by atoms with Gasteiger partial charge in [-0.1, -0.05) is 13.8 Å². The predicted octanol–water partition coefficient (Wildman–Crippen LogP) is 2.93. The number of hydrogen-bond donors (Lipinski definition) is 4. The van der Waals surface area contributed by atoms with Crippen molar-refractivity contribution in [3.63, 3.8) is 0 Å². The van der Waals surface area contributed by atoms with Crippen LogP contribution in [0.2, 0.25) is 0 Å². The SMILES string of the molecule is CC(C)C1=CNNC(Nc2ccc3ncc(-c4cnn([C@H]5CCNC5)c4)cc3n2)=C1. The molecule has 0 unspecified atom stereocenters. The van der Waals surface area contributed by atoms with Crippen molar-refractivity contribution in [1.29, 1.82) is 0 Å². The Morgan fingerprint density at radius 2 is 2.10 bits per heavy atom. The molecule has 2 aliphatic heterocycles. The molecule has 0 aromatic carbocycles. The minimum Gasteiger partial charge on any atom is -0.325 e. The largest absolute Gasteiger partial charge is 0.325 e. The molecule has 0 spiro atoms. The smallest absolute Gasteiger partial charge is 0.132 e. The van der Waals surface area contributed by atoms with Crippen molar-refractivity contribution in [2.24, 2.45) is 5.92 Å². The van der Waals surface area contributed by atoms with Crippen molar-refractivity contribution in [3.8, 4) is 11.1 Å². The van der Waals surface area contributed by atoms with E-state index in [9.17, 15) is 0 Å². The predicted molar refractivity (Wildman–Crippen MR) is 118 cm³/mol. The molecule has 0 saturated carbocycles. The molecular formula is C22H26N8. The molecule has 8 heteroatoms. The molecule has 0 aliphatic carbocycles. The fraction of sp³-hybridized carbons (Fsp3) is 0.318. The van der Waals surface area contributed by atoms with Crippen molar-refractivity contribution in [1.82, 2.24) is 35.9 Å². The number of pyridine rings is 2. The molecule has 5 rings (SSSR count). The molecule has 3 aromatic rings. The van der Waals surface area contributed by atoms with Gasteiger partial charge in [0.2, 0.25) is 0 Å². The third-order valence-corrected chi connectivity index (χ3v) is 5.57. The molecule has 5 heterocycles. The van der Waals surface area contributed by atoms with Crippen molar-refractivity contribution in [2.45, 2.75) is 26.3 Å². The fourth-order valence-electron chi connectivity index (χ4n) is 3.77. The van der Waals surface area contributed by atoms with Crippen LogP contribution in [0.4, 0.5) is 5.82 Å². The molecule has 0 amide bonds. The van der Waals surface area contributed by atoms with Crippen molar-refractivity contribution < 1.29 is 0 Å². The van der Waals surface area contributed by atoms with Crippen LogP contribution in [0.25, 0.3) is 22.2 Å². The molecule has 154 valence electrons. The monoisotopic (exact) mass is 402 g/mol. The first-order valence-electron chi connectivity index (χ1n) is 10.4. The van der Waals surface area contributed by atoms with Gasteiger partial charge in [0.25, 0.3) is 0 Å². The Hall–Kier alpha value is -3.39. The van der Waals surface area contributed by atoms with Gasteiger partial charge >= 0.3 is 0 Å². The molecule has 1 fully saturated rings. The molecule has 3 aromatic heterocycles. The quantitative estimate of drug-likeness (QED) is 0.522. The van der Waals surface area contributed by atoms with E-state index >= 15 is 0 Å². The molecule has 4 N–H and O–H groups in total. The van der Waals surface area contributed by atoms with Gasteiger partial charge in [0.05, 0.1) is 23.3 Å². The summed E-state index contributed by atoms with van der Waals surface area (Å²) in [5.41, 5.74) is 11.2. The summed E-state index contributed by atoms with van der Waals surface area (Å²) in [4.78, 5) is 9.37. The van der Waals surface area contributed by atoms with Crippen LogP contribution in [0, 0.1) is 5.92 Å². The highest BCUT2D eigenvalue weighted by Gasteiger charge is 2.17. The lowest BCUT2D eigenvalue weighted by Gasteiger charge is -2.20. The van der Waals surface area contributed by atoms with Crippen LogP contribution in [0.5, 0.6) is 0 Å². The molecular weight excluding hydrogens is 376 g/mol. The summed E-state index contributed by atoms with van der Waals surface area (Å²) in [5.74, 6) is 2.07. The average molecular weight is 403 g/mol. The molecule has 2 aliphatic rings. The second-order valence-corrected chi connectivity index (χ2v) is 8.07. The summed E-state index contributed by atoms with van der Waals surface area (Å²) in [6.07, 6.45) is 11.1. The van der Waals surface area contributed by atoms with E-state index in [1.165, 1.54) is 5.57 Å². The Morgan fingerprint density at radius 1 is 1.17 bits per heavy atom. The summed E-state index contributed by atoms with van der Waals surface area (Å²) in [7, 11) is 0. The van der Waals surface area contributed by atoms with Gasteiger partial charge in [0, 0.05) is 36.3 Å². The maximum Gasteiger partial charge on any atom is 0.132 e. The van der Waals surface area contributed by atoms with Gasteiger partial charge in [-0.05, 0) is 48.7 Å². The zero-order valence-electron chi connectivity index (χ0n) is 17.2. The van der Waals surface area contributed by atoms with Crippen LogP contribution in [-0.2, 0) is 0 Å². The lowest BCUT2D eigenvalue weighted by Crippen LogP contribution is -2.33. The first-order chi connectivity index (χ1) is 14.7. The van der Waals surface area contributed by atoms with Gasteiger partial charge in [-0.2, -0.15) is 5.10 Å². The molecule has 1 atom stereocenters. The second-order valence-electron chi connectivity index (χ2n) is 8.07. The highest BCUT2D eigenvalue weighted by atomic mass is 15.4. The third-order valence-electron chi connectivity index (χ3n) is 5.57. The Kier molecular flexibility index (Phi) is 4.84. The van der Waals surface area contributed by atoms with E-state index in [2.05, 4.69) is 68.4 Å². The highest BCUT2D eigenvalue weighted by molar-refractivity contribution is 5.81. The van der Waals surface area contributed by atoms with Crippen molar-refractivity contribution >= 4 is 16.9 Å². The molecule has 0 bridgehead atoms. The van der Waals surface area contributed by atoms with Gasteiger partial charge in [-0.15, -0.1) is 0 Å². The number of hydrogen-bond acceptors (Lipinski definition) is 7. The van der Waals surface area contributed by atoms with E-state index in [1.54, 1.807) is 0 Å². The van der Waals surface area contributed by atoms with Gasteiger partial charge in [-0.25, -0.2) is 4.98 Å². The Bertz CT molecular complexity index is 1120. The summed E-state index contributed by atoms with van der Waals surface area (Å²) in [6.45, 7) is 6.35. The highest BCUT2D eigenvalue weighted by Crippen LogP contribution is 2.25. The zero-order valence-corrected chi connectivity index (χ0v) is 17.2. The number of hydrazine groups is 1. The zero-order chi connectivity index (χ0) is 20.5. The van der Waals surface area contributed by atoms with Crippen LogP contribution in [0.15, 0.2) is 60.5 Å². The third kappa shape index (κ3) is 3.73. The van der Waals surface area contributed by atoms with Gasteiger partial charge in [-0.3, -0.25) is 15.1 Å². The Balaban J connectivity index is 1.40. The van der Waals surface area contributed by atoms with E-state index < -0.39 is 0 Å². The number of rotatable bonds is 5. The first kappa shape index (κ1) is 18.6. The maximum absolute atomic E-state index is 4.77. The van der Waals surface area contributed by atoms with Gasteiger partial charge < -0.3 is 16.1 Å². The van der Waals surface area contributed by atoms with E-state index in [0.717, 1.165) is 53.3 Å². The fourth-order valence-corrected chi connectivity index (χ4v) is 3.77. The summed E-state index contributed by atoms with van der Waals surface area (Å²) in [6, 6.07) is 6.42.